The topological polar surface area (TPSA) is 36.7 Å². The summed E-state index contributed by atoms with van der Waals surface area (Å²) in [6.45, 7) is 10.3. The summed E-state index contributed by atoms with van der Waals surface area (Å²) in [5.41, 5.74) is 2.60. The number of para-hydroxylation sites is 1. The first-order chi connectivity index (χ1) is 20.1. The number of unbranched alkanes of at least 4 members (excludes halogenated alkanes) is 3. The van der Waals surface area contributed by atoms with E-state index in [1.165, 1.54) is 51.8 Å². The van der Waals surface area contributed by atoms with Crippen LogP contribution in [0.2, 0.25) is 13.3 Å². The van der Waals surface area contributed by atoms with Crippen molar-refractivity contribution in [3.8, 4) is 0 Å². The van der Waals surface area contributed by atoms with Gasteiger partial charge in [-0.25, -0.2) is 0 Å². The number of anilines is 1. The molecule has 0 bridgehead atoms. The maximum atomic E-state index is 13.5. The first kappa shape index (κ1) is 31.9. The fourth-order valence-corrected chi connectivity index (χ4v) is 24.0. The van der Waals surface area contributed by atoms with Crippen molar-refractivity contribution in [3.05, 3.63) is 84.3 Å². The molecule has 1 fully saturated rings. The van der Waals surface area contributed by atoms with Crippen LogP contribution in [0.1, 0.15) is 88.3 Å². The molecule has 222 valence electrons. The first-order valence-electron chi connectivity index (χ1n) is 16.3. The molecule has 41 heavy (non-hydrogen) atoms. The van der Waals surface area contributed by atoms with Crippen LogP contribution < -0.4 is 8.48 Å². The first-order valence-corrected chi connectivity index (χ1v) is 23.8. The molecule has 1 aliphatic heterocycles. The zero-order chi connectivity index (χ0) is 28.9. The van der Waals surface area contributed by atoms with Gasteiger partial charge in [0.25, 0.3) is 0 Å². The van der Waals surface area contributed by atoms with Gasteiger partial charge in [0.1, 0.15) is 0 Å². The van der Waals surface area contributed by atoms with Gasteiger partial charge in [-0.3, -0.25) is 0 Å². The second kappa shape index (κ2) is 16.6. The number of piperidine rings is 1. The van der Waals surface area contributed by atoms with Crippen LogP contribution in [-0.4, -0.2) is 54.9 Å². The number of hydrogen-bond donors (Lipinski definition) is 0. The molecule has 4 rings (SSSR count). The minimum atomic E-state index is -2.49. The quantitative estimate of drug-likeness (QED) is 0.144. The van der Waals surface area contributed by atoms with Crippen LogP contribution in [0, 0.1) is 0 Å². The van der Waals surface area contributed by atoms with Gasteiger partial charge in [0.05, 0.1) is 6.26 Å². The van der Waals surface area contributed by atoms with Crippen molar-refractivity contribution in [3.63, 3.8) is 0 Å². The van der Waals surface area contributed by atoms with Crippen LogP contribution in [-0.2, 0) is 6.42 Å². The number of furan rings is 1. The van der Waals surface area contributed by atoms with E-state index in [0.29, 0.717) is 5.76 Å². The predicted octanol–water partition coefficient (Wildman–Crippen LogP) is 8.69. The Bertz CT molecular complexity index is 1130. The molecule has 3 aromatic rings. The summed E-state index contributed by atoms with van der Waals surface area (Å²) in [5, 5.41) is 0. The molecule has 1 saturated heterocycles. The Morgan fingerprint density at radius 1 is 0.829 bits per heavy atom. The zero-order valence-corrected chi connectivity index (χ0v) is 28.7. The van der Waals surface area contributed by atoms with Crippen LogP contribution in [0.5, 0.6) is 0 Å². The number of benzene rings is 2. The van der Waals surface area contributed by atoms with E-state index < -0.39 is 18.4 Å². The van der Waals surface area contributed by atoms with E-state index in [0.717, 1.165) is 44.6 Å². The standard InChI is InChI=1S/C24H25N2O2.3C4H9.Sn/c27-24(23-12-7-19-28-23)26(21-10-5-2-6-11-21)22-14-17-25(18-15-22)16-13-20-8-3-1-4-9-20;3*1-3-4-2;/h1-8,10-12,19,22H,13-18H2;3*1,3-4H2,2H3;. The molecule has 1 aliphatic rings. The molecule has 2 heterocycles. The number of rotatable bonds is 16. The van der Waals surface area contributed by atoms with E-state index >= 15 is 0 Å². The number of carbonyl (C=O) groups is 1. The van der Waals surface area contributed by atoms with Crippen LogP contribution in [0.15, 0.2) is 77.4 Å². The van der Waals surface area contributed by atoms with Gasteiger partial charge in [-0.15, -0.1) is 0 Å². The molecule has 0 unspecified atom stereocenters. The second-order valence-corrected chi connectivity index (χ2v) is 25.2. The predicted molar refractivity (Wildman–Crippen MR) is 176 cm³/mol. The van der Waals surface area contributed by atoms with Crippen molar-refractivity contribution in [1.82, 2.24) is 4.90 Å². The van der Waals surface area contributed by atoms with Crippen LogP contribution in [0.4, 0.5) is 5.69 Å². The molecule has 1 aromatic heterocycles. The Hall–Kier alpha value is -2.05. The Morgan fingerprint density at radius 2 is 1.44 bits per heavy atom. The van der Waals surface area contributed by atoms with Crippen molar-refractivity contribution < 1.29 is 9.21 Å². The molecule has 0 spiro atoms. The number of carbonyl (C=O) groups excluding carboxylic acids is 1. The summed E-state index contributed by atoms with van der Waals surface area (Å²) in [6.07, 6.45) is 12.9. The molecular weight excluding hydrogens is 611 g/mol. The summed E-state index contributed by atoms with van der Waals surface area (Å²) >= 11 is -2.49. The van der Waals surface area contributed by atoms with E-state index in [1.54, 1.807) is 24.0 Å². The third-order valence-corrected chi connectivity index (χ3v) is 25.1. The summed E-state index contributed by atoms with van der Waals surface area (Å²) < 4.78 is 11.9. The average Bonchev–Trinajstić information content (AvgIpc) is 3.57. The van der Waals surface area contributed by atoms with Gasteiger partial charge in [0, 0.05) is 0 Å². The minimum absolute atomic E-state index is 0.0383. The SMILES string of the molecule is CCC[CH2][Sn]([CH2]CCC)([CH2]CCC)[c]1ccccc1CCN1CCC(N(C(=O)c2ccco2)c2ccccc2)CC1. The molecule has 0 aliphatic carbocycles. The van der Waals surface area contributed by atoms with Crippen molar-refractivity contribution in [2.75, 3.05) is 24.5 Å². The van der Waals surface area contributed by atoms with Crippen LogP contribution in [0.3, 0.4) is 0 Å². The Balaban J connectivity index is 1.45. The molecule has 5 heteroatoms. The van der Waals surface area contributed by atoms with E-state index in [2.05, 4.69) is 49.9 Å². The van der Waals surface area contributed by atoms with Crippen molar-refractivity contribution in [2.45, 2.75) is 97.9 Å². The van der Waals surface area contributed by atoms with Crippen molar-refractivity contribution in [2.24, 2.45) is 0 Å². The Morgan fingerprint density at radius 3 is 2.02 bits per heavy atom. The molecular formula is C36H52N2O2Sn. The van der Waals surface area contributed by atoms with Gasteiger partial charge >= 0.3 is 236 Å². The van der Waals surface area contributed by atoms with Gasteiger partial charge in [-0.1, -0.05) is 6.07 Å². The van der Waals surface area contributed by atoms with Crippen molar-refractivity contribution >= 4 is 33.6 Å². The number of nitrogens with zero attached hydrogens (tertiary/aromatic N) is 2. The fourth-order valence-electron chi connectivity index (χ4n) is 6.86. The van der Waals surface area contributed by atoms with Crippen molar-refractivity contribution in [1.29, 1.82) is 0 Å². The maximum absolute atomic E-state index is 13.5. The summed E-state index contributed by atoms with van der Waals surface area (Å²) in [6, 6.07) is 23.5. The molecule has 0 saturated carbocycles. The molecule has 0 radical (unpaired) electrons. The van der Waals surface area contributed by atoms with Gasteiger partial charge in [0.15, 0.2) is 0 Å². The van der Waals surface area contributed by atoms with E-state index in [1.807, 2.05) is 38.8 Å². The molecule has 0 N–H and O–H groups in total. The molecule has 2 aromatic carbocycles. The van der Waals surface area contributed by atoms with Gasteiger partial charge in [0.2, 0.25) is 0 Å². The van der Waals surface area contributed by atoms with E-state index in [9.17, 15) is 4.79 Å². The van der Waals surface area contributed by atoms with Gasteiger partial charge < -0.3 is 0 Å². The Kier molecular flexibility index (Phi) is 12.9. The number of amides is 1. The normalized spacial score (nSPS) is 14.8. The molecule has 1 amide bonds. The Labute approximate surface area is 253 Å². The molecule has 0 atom stereocenters. The average molecular weight is 664 g/mol. The summed E-state index contributed by atoms with van der Waals surface area (Å²) in [4.78, 5) is 18.1. The molecule has 4 nitrogen and oxygen atoms in total. The second-order valence-electron chi connectivity index (χ2n) is 12.1. The number of likely N-dealkylation sites (tertiary alicyclic amines) is 1. The monoisotopic (exact) mass is 664 g/mol. The van der Waals surface area contributed by atoms with E-state index in [4.69, 9.17) is 4.42 Å². The fraction of sp³-hybridized carbons (Fsp3) is 0.528. The van der Waals surface area contributed by atoms with Crippen LogP contribution >= 0.6 is 0 Å². The van der Waals surface area contributed by atoms with E-state index in [-0.39, 0.29) is 11.9 Å². The zero-order valence-electron chi connectivity index (χ0n) is 25.8. The summed E-state index contributed by atoms with van der Waals surface area (Å²) in [7, 11) is 0. The third kappa shape index (κ3) is 8.50. The van der Waals surface area contributed by atoms with Gasteiger partial charge in [-0.05, 0) is 6.07 Å². The summed E-state index contributed by atoms with van der Waals surface area (Å²) in [5.74, 6) is 0.376. The number of hydrogen-bond acceptors (Lipinski definition) is 3. The van der Waals surface area contributed by atoms with Gasteiger partial charge in [-0.2, -0.15) is 0 Å². The third-order valence-electron chi connectivity index (χ3n) is 9.22. The van der Waals surface area contributed by atoms with Crippen LogP contribution in [0.25, 0.3) is 0 Å².